The number of aromatic nitrogens is 5. The molecule has 0 saturated carbocycles. The highest BCUT2D eigenvalue weighted by Gasteiger charge is 2.15. The van der Waals surface area contributed by atoms with Crippen molar-refractivity contribution in [3.05, 3.63) is 89.5 Å². The molecule has 1 amide bonds. The third-order valence-corrected chi connectivity index (χ3v) is 4.86. The Hall–Kier alpha value is -4.20. The highest BCUT2D eigenvalue weighted by atomic mass is 16.1. The first-order valence-electron chi connectivity index (χ1n) is 10.2. The van der Waals surface area contributed by atoms with Gasteiger partial charge in [0.2, 0.25) is 5.95 Å². The summed E-state index contributed by atoms with van der Waals surface area (Å²) in [5, 5.41) is 6.11. The highest BCUT2D eigenvalue weighted by Crippen LogP contribution is 2.20. The van der Waals surface area contributed by atoms with Gasteiger partial charge in [0.1, 0.15) is 17.3 Å². The average molecular weight is 425 g/mol. The largest absolute Gasteiger partial charge is 0.364 e. The summed E-state index contributed by atoms with van der Waals surface area (Å²) in [6.45, 7) is 5.60. The molecule has 1 atom stereocenters. The zero-order chi connectivity index (χ0) is 22.5. The molecule has 3 aromatic heterocycles. The lowest BCUT2D eigenvalue weighted by atomic mass is 10.1. The van der Waals surface area contributed by atoms with E-state index in [1.165, 1.54) is 0 Å². The van der Waals surface area contributed by atoms with E-state index in [0.29, 0.717) is 34.4 Å². The first kappa shape index (κ1) is 21.0. The fourth-order valence-electron chi connectivity index (χ4n) is 3.24. The Morgan fingerprint density at radius 1 is 0.875 bits per heavy atom. The summed E-state index contributed by atoms with van der Waals surface area (Å²) in [6, 6.07) is 19.2. The van der Waals surface area contributed by atoms with Crippen LogP contribution in [0.1, 0.15) is 40.4 Å². The Labute approximate surface area is 186 Å². The van der Waals surface area contributed by atoms with Crippen LogP contribution in [0.3, 0.4) is 0 Å². The summed E-state index contributed by atoms with van der Waals surface area (Å²) in [6.07, 6.45) is 1.66. The first-order chi connectivity index (χ1) is 15.5. The van der Waals surface area contributed by atoms with Crippen molar-refractivity contribution in [1.29, 1.82) is 0 Å². The van der Waals surface area contributed by atoms with E-state index < -0.39 is 0 Å². The van der Waals surface area contributed by atoms with Crippen LogP contribution in [-0.2, 0) is 0 Å². The maximum Gasteiger partial charge on any atom is 0.259 e. The average Bonchev–Trinajstić information content (AvgIpc) is 2.80. The summed E-state index contributed by atoms with van der Waals surface area (Å²) in [5.74, 6) is 1.42. The van der Waals surface area contributed by atoms with Crippen LogP contribution in [-0.4, -0.2) is 30.8 Å². The van der Waals surface area contributed by atoms with E-state index in [2.05, 4.69) is 54.6 Å². The van der Waals surface area contributed by atoms with Crippen LogP contribution < -0.4 is 10.6 Å². The van der Waals surface area contributed by atoms with Crippen molar-refractivity contribution in [2.45, 2.75) is 26.8 Å². The van der Waals surface area contributed by atoms with E-state index in [9.17, 15) is 4.79 Å². The topological polar surface area (TPSA) is 106 Å². The zero-order valence-corrected chi connectivity index (χ0v) is 18.1. The summed E-state index contributed by atoms with van der Waals surface area (Å²) in [5.41, 5.74) is 2.81. The second kappa shape index (κ2) is 9.30. The number of amides is 1. The molecule has 0 bridgehead atoms. The molecule has 0 saturated heterocycles. The first-order valence-corrected chi connectivity index (χ1v) is 10.2. The Kier molecular flexibility index (Phi) is 6.12. The third kappa shape index (κ3) is 4.92. The number of benzene rings is 1. The van der Waals surface area contributed by atoms with Crippen LogP contribution in [0.25, 0.3) is 11.5 Å². The Bertz CT molecular complexity index is 1230. The van der Waals surface area contributed by atoms with E-state index in [0.717, 1.165) is 5.56 Å². The molecule has 1 unspecified atom stereocenters. The predicted molar refractivity (Wildman–Crippen MR) is 123 cm³/mol. The highest BCUT2D eigenvalue weighted by molar-refractivity contribution is 6.04. The van der Waals surface area contributed by atoms with Crippen LogP contribution in [0, 0.1) is 13.8 Å². The number of pyridine rings is 2. The number of anilines is 2. The number of aryl methyl sites for hydroxylation is 2. The van der Waals surface area contributed by atoms with Crippen LogP contribution >= 0.6 is 0 Å². The number of carbonyl (C=O) groups is 1. The molecule has 0 aliphatic heterocycles. The number of hydrogen-bond acceptors (Lipinski definition) is 7. The molecule has 4 aromatic rings. The molecule has 0 aliphatic rings. The second-order valence-electron chi connectivity index (χ2n) is 7.31. The quantitative estimate of drug-likeness (QED) is 0.472. The molecular formula is C24H23N7O. The minimum Gasteiger partial charge on any atom is -0.364 e. The van der Waals surface area contributed by atoms with Gasteiger partial charge < -0.3 is 5.32 Å². The summed E-state index contributed by atoms with van der Waals surface area (Å²) < 4.78 is 0. The Morgan fingerprint density at radius 2 is 1.66 bits per heavy atom. The standard InChI is InChI=1S/C24H23N7O/c1-15(18-9-5-4-6-10-18)26-21-13-12-19(16(2)27-21)23(32)31-24-29-17(3)28-22(30-24)20-11-7-8-14-25-20/h4-15H,1-3H3,(H,26,27)(H,28,29,30,31,32). The molecule has 160 valence electrons. The number of hydrogen-bond donors (Lipinski definition) is 2. The van der Waals surface area contributed by atoms with Crippen LogP contribution in [0.15, 0.2) is 66.9 Å². The van der Waals surface area contributed by atoms with E-state index in [1.807, 2.05) is 30.3 Å². The maximum absolute atomic E-state index is 12.9. The van der Waals surface area contributed by atoms with Crippen molar-refractivity contribution in [3.8, 4) is 11.5 Å². The number of nitrogens with zero attached hydrogens (tertiary/aromatic N) is 5. The second-order valence-corrected chi connectivity index (χ2v) is 7.31. The van der Waals surface area contributed by atoms with Crippen molar-refractivity contribution in [2.75, 3.05) is 10.6 Å². The molecule has 8 heteroatoms. The number of carbonyl (C=O) groups excluding carboxylic acids is 1. The van der Waals surface area contributed by atoms with Crippen molar-refractivity contribution < 1.29 is 4.79 Å². The lowest BCUT2D eigenvalue weighted by Crippen LogP contribution is -2.18. The molecule has 0 radical (unpaired) electrons. The Morgan fingerprint density at radius 3 is 2.38 bits per heavy atom. The Balaban J connectivity index is 1.50. The minimum absolute atomic E-state index is 0.0842. The van der Waals surface area contributed by atoms with Gasteiger partial charge in [0.05, 0.1) is 11.3 Å². The molecule has 3 heterocycles. The smallest absolute Gasteiger partial charge is 0.259 e. The van der Waals surface area contributed by atoms with Gasteiger partial charge in [0.25, 0.3) is 5.91 Å². The van der Waals surface area contributed by atoms with E-state index >= 15 is 0 Å². The molecule has 0 fully saturated rings. The molecule has 0 aliphatic carbocycles. The van der Waals surface area contributed by atoms with Gasteiger partial charge in [0.15, 0.2) is 5.82 Å². The van der Waals surface area contributed by atoms with Gasteiger partial charge in [-0.1, -0.05) is 36.4 Å². The van der Waals surface area contributed by atoms with Gasteiger partial charge in [-0.3, -0.25) is 15.1 Å². The lowest BCUT2D eigenvalue weighted by Gasteiger charge is -2.16. The van der Waals surface area contributed by atoms with Crippen LogP contribution in [0.2, 0.25) is 0 Å². The van der Waals surface area contributed by atoms with Crippen LogP contribution in [0.4, 0.5) is 11.8 Å². The molecule has 0 spiro atoms. The van der Waals surface area contributed by atoms with Gasteiger partial charge in [-0.15, -0.1) is 0 Å². The van der Waals surface area contributed by atoms with E-state index in [-0.39, 0.29) is 17.9 Å². The van der Waals surface area contributed by atoms with Crippen molar-refractivity contribution >= 4 is 17.7 Å². The fourth-order valence-corrected chi connectivity index (χ4v) is 3.24. The maximum atomic E-state index is 12.9. The van der Waals surface area contributed by atoms with Crippen molar-refractivity contribution in [3.63, 3.8) is 0 Å². The zero-order valence-electron chi connectivity index (χ0n) is 18.1. The molecule has 4 rings (SSSR count). The van der Waals surface area contributed by atoms with Gasteiger partial charge in [-0.05, 0) is 50.6 Å². The van der Waals surface area contributed by atoms with E-state index in [4.69, 9.17) is 0 Å². The molecule has 1 aromatic carbocycles. The number of rotatable bonds is 6. The number of nitrogens with one attached hydrogen (secondary N) is 2. The molecule has 2 N–H and O–H groups in total. The fraction of sp³-hybridized carbons (Fsp3) is 0.167. The van der Waals surface area contributed by atoms with Crippen LogP contribution in [0.5, 0.6) is 0 Å². The van der Waals surface area contributed by atoms with Crippen molar-refractivity contribution in [2.24, 2.45) is 0 Å². The monoisotopic (exact) mass is 425 g/mol. The third-order valence-electron chi connectivity index (χ3n) is 4.86. The summed E-state index contributed by atoms with van der Waals surface area (Å²) in [4.78, 5) is 34.5. The summed E-state index contributed by atoms with van der Waals surface area (Å²) >= 11 is 0. The summed E-state index contributed by atoms with van der Waals surface area (Å²) in [7, 11) is 0. The van der Waals surface area contributed by atoms with Gasteiger partial charge in [-0.25, -0.2) is 9.97 Å². The molecular weight excluding hydrogens is 402 g/mol. The predicted octanol–water partition coefficient (Wildman–Crippen LogP) is 4.37. The SMILES string of the molecule is Cc1nc(NC(=O)c2ccc(NC(C)c3ccccc3)nc2C)nc(-c2ccccn2)n1. The lowest BCUT2D eigenvalue weighted by molar-refractivity contribution is 0.102. The van der Waals surface area contributed by atoms with Gasteiger partial charge in [0, 0.05) is 12.2 Å². The minimum atomic E-state index is -0.338. The van der Waals surface area contributed by atoms with Gasteiger partial charge in [-0.2, -0.15) is 9.97 Å². The van der Waals surface area contributed by atoms with Gasteiger partial charge >= 0.3 is 0 Å². The van der Waals surface area contributed by atoms with Crippen molar-refractivity contribution in [1.82, 2.24) is 24.9 Å². The molecule has 8 nitrogen and oxygen atoms in total. The molecule has 32 heavy (non-hydrogen) atoms. The normalized spacial score (nSPS) is 11.6. The van der Waals surface area contributed by atoms with E-state index in [1.54, 1.807) is 38.2 Å².